The Morgan fingerprint density at radius 1 is 1.35 bits per heavy atom. The molecule has 26 heavy (non-hydrogen) atoms. The van der Waals surface area contributed by atoms with Crippen molar-refractivity contribution in [2.75, 3.05) is 18.6 Å². The molecule has 1 heterocycles. The number of rotatable bonds is 7. The van der Waals surface area contributed by atoms with Crippen LogP contribution in [-0.4, -0.2) is 34.5 Å². The van der Waals surface area contributed by atoms with Gasteiger partial charge in [-0.1, -0.05) is 13.3 Å². The number of unbranched alkanes of at least 4 members (excludes halogenated alkanes) is 1. The fraction of sp³-hybridized carbons (Fsp3) is 0.474. The van der Waals surface area contributed by atoms with Crippen molar-refractivity contribution in [3.8, 4) is 11.5 Å². The van der Waals surface area contributed by atoms with E-state index in [0.717, 1.165) is 30.6 Å². The van der Waals surface area contributed by atoms with Gasteiger partial charge < -0.3 is 14.9 Å². The molecule has 0 bridgehead atoms. The first-order valence-electron chi connectivity index (χ1n) is 8.93. The Morgan fingerprint density at radius 2 is 2.08 bits per heavy atom. The van der Waals surface area contributed by atoms with E-state index in [1.807, 2.05) is 6.92 Å². The van der Waals surface area contributed by atoms with Crippen LogP contribution in [0, 0.1) is 5.92 Å². The number of phenols is 1. The number of amides is 1. The second-order valence-electron chi connectivity index (χ2n) is 6.79. The van der Waals surface area contributed by atoms with Crippen molar-refractivity contribution in [2.24, 2.45) is 5.92 Å². The number of anilines is 1. The highest BCUT2D eigenvalue weighted by atomic mass is 16.5. The molecular weight excluding hydrogens is 336 g/mol. The molecule has 7 nitrogen and oxygen atoms in total. The van der Waals surface area contributed by atoms with Gasteiger partial charge in [-0.05, 0) is 43.4 Å². The molecule has 1 aromatic heterocycles. The fourth-order valence-corrected chi connectivity index (χ4v) is 3.00. The molecule has 1 saturated carbocycles. The van der Waals surface area contributed by atoms with Gasteiger partial charge in [-0.25, -0.2) is 4.79 Å². The molecule has 1 fully saturated rings. The van der Waals surface area contributed by atoms with Crippen molar-refractivity contribution in [3.63, 3.8) is 0 Å². The average Bonchev–Trinajstić information content (AvgIpc) is 3.42. The molecule has 0 saturated heterocycles. The molecule has 0 spiro atoms. The van der Waals surface area contributed by atoms with Gasteiger partial charge in [0.2, 0.25) is 0 Å². The quantitative estimate of drug-likeness (QED) is 0.738. The summed E-state index contributed by atoms with van der Waals surface area (Å²) in [5.41, 5.74) is -0.266. The third kappa shape index (κ3) is 3.47. The molecule has 0 aliphatic heterocycles. The predicted octanol–water partition coefficient (Wildman–Crippen LogP) is 3.41. The number of pyridine rings is 1. The predicted molar refractivity (Wildman–Crippen MR) is 99.4 cm³/mol. The zero-order valence-electron chi connectivity index (χ0n) is 15.1. The maximum Gasteiger partial charge on any atom is 0.412 e. The largest absolute Gasteiger partial charge is 0.508 e. The standard InChI is InChI=1S/C19H24N2O5/c1-3-4-9-26-16-15-10-13(22)7-8-14(15)18(23)21(11-12-5-6-12)17(16)20(2)19(24)25/h7-8,10,12,22H,3-6,9,11H2,1-2H3,(H,24,25). The topological polar surface area (TPSA) is 92.0 Å². The Balaban J connectivity index is 2.28. The van der Waals surface area contributed by atoms with Crippen LogP contribution in [0.25, 0.3) is 10.8 Å². The number of hydrogen-bond acceptors (Lipinski definition) is 4. The molecule has 3 rings (SSSR count). The van der Waals surface area contributed by atoms with Gasteiger partial charge >= 0.3 is 6.09 Å². The highest BCUT2D eigenvalue weighted by Gasteiger charge is 2.29. The smallest absolute Gasteiger partial charge is 0.412 e. The van der Waals surface area contributed by atoms with E-state index in [2.05, 4.69) is 0 Å². The van der Waals surface area contributed by atoms with Crippen LogP contribution in [0.15, 0.2) is 23.0 Å². The van der Waals surface area contributed by atoms with Gasteiger partial charge in [-0.15, -0.1) is 0 Å². The molecule has 2 aromatic rings. The summed E-state index contributed by atoms with van der Waals surface area (Å²) >= 11 is 0. The van der Waals surface area contributed by atoms with E-state index in [4.69, 9.17) is 4.74 Å². The molecule has 140 valence electrons. The first kappa shape index (κ1) is 18.1. The molecule has 1 amide bonds. The van der Waals surface area contributed by atoms with Gasteiger partial charge in [-0.2, -0.15) is 0 Å². The number of hydrogen-bond donors (Lipinski definition) is 2. The third-order valence-electron chi connectivity index (χ3n) is 4.67. The molecule has 7 heteroatoms. The van der Waals surface area contributed by atoms with Crippen molar-refractivity contribution in [1.29, 1.82) is 0 Å². The fourth-order valence-electron chi connectivity index (χ4n) is 3.00. The minimum Gasteiger partial charge on any atom is -0.508 e. The summed E-state index contributed by atoms with van der Waals surface area (Å²) in [5, 5.41) is 20.3. The summed E-state index contributed by atoms with van der Waals surface area (Å²) in [6, 6.07) is 4.48. The van der Waals surface area contributed by atoms with Crippen LogP contribution >= 0.6 is 0 Å². The minimum absolute atomic E-state index is 0.00103. The van der Waals surface area contributed by atoms with Crippen LogP contribution in [0.1, 0.15) is 32.6 Å². The first-order valence-corrected chi connectivity index (χ1v) is 8.93. The van der Waals surface area contributed by atoms with Crippen molar-refractivity contribution in [1.82, 2.24) is 4.57 Å². The Kier molecular flexibility index (Phi) is 5.06. The van der Waals surface area contributed by atoms with E-state index in [0.29, 0.717) is 35.6 Å². The van der Waals surface area contributed by atoms with E-state index in [9.17, 15) is 19.8 Å². The van der Waals surface area contributed by atoms with E-state index < -0.39 is 6.09 Å². The van der Waals surface area contributed by atoms with Gasteiger partial charge in [0.15, 0.2) is 11.6 Å². The number of phenolic OH excluding ortho intramolecular Hbond substituents is 1. The van der Waals surface area contributed by atoms with Crippen LogP contribution in [0.5, 0.6) is 11.5 Å². The highest BCUT2D eigenvalue weighted by molar-refractivity contribution is 5.97. The normalized spacial score (nSPS) is 13.8. The lowest BCUT2D eigenvalue weighted by atomic mass is 10.1. The molecule has 2 N–H and O–H groups in total. The van der Waals surface area contributed by atoms with Crippen molar-refractivity contribution in [2.45, 2.75) is 39.2 Å². The van der Waals surface area contributed by atoms with Crippen molar-refractivity contribution < 1.29 is 19.7 Å². The molecule has 0 radical (unpaired) electrons. The maximum atomic E-state index is 13.0. The summed E-state index contributed by atoms with van der Waals surface area (Å²) in [6.07, 6.45) is 2.62. The van der Waals surface area contributed by atoms with Crippen LogP contribution in [0.4, 0.5) is 10.6 Å². The van der Waals surface area contributed by atoms with Gasteiger partial charge in [0.25, 0.3) is 5.56 Å². The van der Waals surface area contributed by atoms with Crippen LogP contribution < -0.4 is 15.2 Å². The van der Waals surface area contributed by atoms with Crippen molar-refractivity contribution in [3.05, 3.63) is 28.6 Å². The first-order chi connectivity index (χ1) is 12.4. The summed E-state index contributed by atoms with van der Waals surface area (Å²) in [4.78, 5) is 25.7. The lowest BCUT2D eigenvalue weighted by Crippen LogP contribution is -2.33. The van der Waals surface area contributed by atoms with E-state index in [1.54, 1.807) is 6.07 Å². The number of benzene rings is 1. The zero-order valence-corrected chi connectivity index (χ0v) is 15.1. The number of nitrogens with zero attached hydrogens (tertiary/aromatic N) is 2. The number of aromatic nitrogens is 1. The lowest BCUT2D eigenvalue weighted by Gasteiger charge is -2.24. The zero-order chi connectivity index (χ0) is 18.8. The number of carboxylic acid groups (broad SMARTS) is 1. The Morgan fingerprint density at radius 3 is 2.69 bits per heavy atom. The van der Waals surface area contributed by atoms with E-state index >= 15 is 0 Å². The third-order valence-corrected chi connectivity index (χ3v) is 4.67. The average molecular weight is 360 g/mol. The number of ether oxygens (including phenoxy) is 1. The van der Waals surface area contributed by atoms with Gasteiger partial charge in [0.1, 0.15) is 5.75 Å². The molecule has 1 aromatic carbocycles. The molecular formula is C19H24N2O5. The number of carbonyl (C=O) groups is 1. The summed E-state index contributed by atoms with van der Waals surface area (Å²) < 4.78 is 7.45. The minimum atomic E-state index is -1.17. The molecule has 1 aliphatic carbocycles. The second kappa shape index (κ2) is 7.27. The molecule has 1 aliphatic rings. The summed E-state index contributed by atoms with van der Waals surface area (Å²) in [6.45, 7) is 2.90. The Labute approximate surface area is 151 Å². The number of aromatic hydroxyl groups is 1. The monoisotopic (exact) mass is 360 g/mol. The van der Waals surface area contributed by atoms with Crippen LogP contribution in [0.2, 0.25) is 0 Å². The van der Waals surface area contributed by atoms with E-state index in [-0.39, 0.29) is 17.1 Å². The SMILES string of the molecule is CCCCOc1c(N(C)C(=O)O)n(CC2CC2)c(=O)c2ccc(O)cc12. The molecule has 0 atom stereocenters. The van der Waals surface area contributed by atoms with E-state index in [1.165, 1.54) is 23.7 Å². The summed E-state index contributed by atoms with van der Waals surface area (Å²) in [7, 11) is 1.40. The molecule has 0 unspecified atom stereocenters. The van der Waals surface area contributed by atoms with Gasteiger partial charge in [0, 0.05) is 19.0 Å². The summed E-state index contributed by atoms with van der Waals surface area (Å²) in [5.74, 6) is 0.936. The Bertz CT molecular complexity index is 886. The Hall–Kier alpha value is -2.70. The maximum absolute atomic E-state index is 13.0. The number of fused-ring (bicyclic) bond motifs is 1. The van der Waals surface area contributed by atoms with Gasteiger partial charge in [0.05, 0.1) is 12.0 Å². The van der Waals surface area contributed by atoms with Crippen LogP contribution in [-0.2, 0) is 6.54 Å². The lowest BCUT2D eigenvalue weighted by molar-refractivity contribution is 0.202. The van der Waals surface area contributed by atoms with Crippen molar-refractivity contribution >= 4 is 22.7 Å². The van der Waals surface area contributed by atoms with Crippen LogP contribution in [0.3, 0.4) is 0 Å². The second-order valence-corrected chi connectivity index (χ2v) is 6.79. The highest BCUT2D eigenvalue weighted by Crippen LogP contribution is 2.38. The van der Waals surface area contributed by atoms with Gasteiger partial charge in [-0.3, -0.25) is 14.3 Å².